The van der Waals surface area contributed by atoms with E-state index in [2.05, 4.69) is 15.3 Å². The summed E-state index contributed by atoms with van der Waals surface area (Å²) in [6, 6.07) is 11.4. The maximum atomic E-state index is 12.7. The van der Waals surface area contributed by atoms with Crippen molar-refractivity contribution in [2.75, 3.05) is 16.8 Å². The topological polar surface area (TPSA) is 127 Å². The summed E-state index contributed by atoms with van der Waals surface area (Å²) in [6.07, 6.45) is 3.88. The minimum absolute atomic E-state index is 0.00256. The Balaban J connectivity index is 1.76. The zero-order chi connectivity index (χ0) is 22.4. The number of hydrogen-bond acceptors (Lipinski definition) is 7. The minimum Gasteiger partial charge on any atom is -0.324 e. The fraction of sp³-hybridized carbons (Fsp3) is 0.318. The molecule has 0 aliphatic carbocycles. The van der Waals surface area contributed by atoms with Crippen LogP contribution in [-0.2, 0) is 4.79 Å². The van der Waals surface area contributed by atoms with Gasteiger partial charge in [-0.3, -0.25) is 14.9 Å². The van der Waals surface area contributed by atoms with Crippen LogP contribution in [0.5, 0.6) is 0 Å². The third-order valence-electron chi connectivity index (χ3n) is 4.84. The smallest absolute Gasteiger partial charge is 0.270 e. The van der Waals surface area contributed by atoms with Crippen molar-refractivity contribution in [2.24, 2.45) is 5.73 Å². The van der Waals surface area contributed by atoms with Crippen LogP contribution < -0.4 is 16.0 Å². The highest BCUT2D eigenvalue weighted by Gasteiger charge is 2.21. The lowest BCUT2D eigenvalue weighted by molar-refractivity contribution is -0.384. The molecule has 0 fully saturated rings. The van der Waals surface area contributed by atoms with Crippen LogP contribution in [0.4, 0.5) is 23.0 Å². The molecule has 1 atom stereocenters. The predicted molar refractivity (Wildman–Crippen MR) is 121 cm³/mol. The molecule has 3 aromatic rings. The van der Waals surface area contributed by atoms with E-state index in [4.69, 9.17) is 5.73 Å². The number of hydrogen-bond donors (Lipinski definition) is 2. The van der Waals surface area contributed by atoms with E-state index in [-0.39, 0.29) is 11.6 Å². The van der Waals surface area contributed by atoms with Crippen LogP contribution in [0.25, 0.3) is 10.9 Å². The monoisotopic (exact) mass is 422 g/mol. The molecule has 0 aliphatic heterocycles. The second-order valence-corrected chi connectivity index (χ2v) is 7.25. The van der Waals surface area contributed by atoms with Gasteiger partial charge in [0.2, 0.25) is 11.9 Å². The lowest BCUT2D eigenvalue weighted by atomic mass is 10.1. The number of non-ortho nitro benzene ring substituents is 1. The molecule has 31 heavy (non-hydrogen) atoms. The van der Waals surface area contributed by atoms with Crippen LogP contribution in [-0.4, -0.2) is 33.4 Å². The molecule has 9 heteroatoms. The first kappa shape index (κ1) is 22.1. The van der Waals surface area contributed by atoms with Crippen molar-refractivity contribution in [3.8, 4) is 0 Å². The van der Waals surface area contributed by atoms with Crippen molar-refractivity contribution >= 4 is 39.8 Å². The van der Waals surface area contributed by atoms with E-state index < -0.39 is 11.0 Å². The SMILES string of the molecule is CCCC(N)C(=O)N(CCC)c1ccc(Nc2ncc3cc([N+](=O)[O-])ccc3n2)cc1. The van der Waals surface area contributed by atoms with Crippen LogP contribution in [0.15, 0.2) is 48.7 Å². The Labute approximate surface area is 180 Å². The first-order valence-electron chi connectivity index (χ1n) is 10.3. The number of nitrogens with one attached hydrogen (secondary N) is 1. The number of nitro benzene ring substituents is 1. The molecule has 1 heterocycles. The van der Waals surface area contributed by atoms with Crippen molar-refractivity contribution in [3.05, 3.63) is 58.8 Å². The normalized spacial score (nSPS) is 11.8. The number of nitrogens with zero attached hydrogens (tertiary/aromatic N) is 4. The van der Waals surface area contributed by atoms with E-state index in [0.29, 0.717) is 29.8 Å². The Morgan fingerprint density at radius 1 is 1.19 bits per heavy atom. The summed E-state index contributed by atoms with van der Waals surface area (Å²) >= 11 is 0. The maximum Gasteiger partial charge on any atom is 0.270 e. The Bertz CT molecular complexity index is 1070. The molecule has 3 rings (SSSR count). The van der Waals surface area contributed by atoms with E-state index in [1.165, 1.54) is 12.1 Å². The first-order valence-corrected chi connectivity index (χ1v) is 10.3. The highest BCUT2D eigenvalue weighted by Crippen LogP contribution is 2.23. The van der Waals surface area contributed by atoms with Gasteiger partial charge in [0.05, 0.1) is 16.5 Å². The molecular formula is C22H26N6O3. The molecule has 0 saturated heterocycles. The zero-order valence-electron chi connectivity index (χ0n) is 17.6. The average Bonchev–Trinajstić information content (AvgIpc) is 2.77. The van der Waals surface area contributed by atoms with Gasteiger partial charge in [-0.25, -0.2) is 9.97 Å². The summed E-state index contributed by atoms with van der Waals surface area (Å²) in [5, 5.41) is 14.6. The van der Waals surface area contributed by atoms with Crippen LogP contribution in [0.3, 0.4) is 0 Å². The fourth-order valence-corrected chi connectivity index (χ4v) is 3.27. The Morgan fingerprint density at radius 3 is 2.58 bits per heavy atom. The number of nitrogens with two attached hydrogens (primary N) is 1. The van der Waals surface area contributed by atoms with E-state index in [9.17, 15) is 14.9 Å². The van der Waals surface area contributed by atoms with Gasteiger partial charge >= 0.3 is 0 Å². The fourth-order valence-electron chi connectivity index (χ4n) is 3.27. The molecule has 162 valence electrons. The molecule has 0 saturated carbocycles. The zero-order valence-corrected chi connectivity index (χ0v) is 17.6. The molecule has 1 aromatic heterocycles. The quantitative estimate of drug-likeness (QED) is 0.391. The summed E-state index contributed by atoms with van der Waals surface area (Å²) in [5.41, 5.74) is 8.18. The number of carbonyl (C=O) groups excluding carboxylic acids is 1. The molecule has 9 nitrogen and oxygen atoms in total. The molecule has 0 aliphatic rings. The van der Waals surface area contributed by atoms with E-state index in [1.54, 1.807) is 17.2 Å². The van der Waals surface area contributed by atoms with Crippen molar-refractivity contribution in [3.63, 3.8) is 0 Å². The Morgan fingerprint density at radius 2 is 1.94 bits per heavy atom. The molecule has 3 N–H and O–H groups in total. The van der Waals surface area contributed by atoms with Crippen molar-refractivity contribution in [1.29, 1.82) is 0 Å². The molecule has 0 spiro atoms. The van der Waals surface area contributed by atoms with E-state index in [0.717, 1.165) is 24.2 Å². The summed E-state index contributed by atoms with van der Waals surface area (Å²) in [6.45, 7) is 4.63. The third-order valence-corrected chi connectivity index (χ3v) is 4.84. The second-order valence-electron chi connectivity index (χ2n) is 7.25. The number of nitro groups is 1. The van der Waals surface area contributed by atoms with Crippen molar-refractivity contribution < 1.29 is 9.72 Å². The maximum absolute atomic E-state index is 12.7. The number of benzene rings is 2. The molecule has 1 unspecified atom stereocenters. The Hall–Kier alpha value is -3.59. The first-order chi connectivity index (χ1) is 14.9. The highest BCUT2D eigenvalue weighted by molar-refractivity contribution is 5.97. The lowest BCUT2D eigenvalue weighted by Crippen LogP contribution is -2.44. The van der Waals surface area contributed by atoms with Gasteiger partial charge in [0, 0.05) is 41.6 Å². The van der Waals surface area contributed by atoms with E-state index in [1.807, 2.05) is 38.1 Å². The number of rotatable bonds is 9. The van der Waals surface area contributed by atoms with Gasteiger partial charge in [-0.2, -0.15) is 0 Å². The van der Waals surface area contributed by atoms with Gasteiger partial charge in [-0.1, -0.05) is 20.3 Å². The standard InChI is InChI=1S/C22H26N6O3/c1-3-5-19(23)21(29)27(12-4-2)17-8-6-16(7-9-17)25-22-24-14-15-13-18(28(30)31)10-11-20(15)26-22/h6-11,13-14,19H,3-5,12,23H2,1-2H3,(H,24,25,26). The summed E-state index contributed by atoms with van der Waals surface area (Å²) in [5.74, 6) is 0.303. The molecule has 0 bridgehead atoms. The highest BCUT2D eigenvalue weighted by atomic mass is 16.6. The summed E-state index contributed by atoms with van der Waals surface area (Å²) in [7, 11) is 0. The molecular weight excluding hydrogens is 396 g/mol. The number of carbonyl (C=O) groups is 1. The van der Waals surface area contributed by atoms with Gasteiger partial charge < -0.3 is 16.0 Å². The molecule has 0 radical (unpaired) electrons. The average molecular weight is 422 g/mol. The van der Waals surface area contributed by atoms with Crippen LogP contribution in [0, 0.1) is 10.1 Å². The van der Waals surface area contributed by atoms with Gasteiger partial charge in [-0.15, -0.1) is 0 Å². The van der Waals surface area contributed by atoms with Crippen LogP contribution >= 0.6 is 0 Å². The van der Waals surface area contributed by atoms with Gasteiger partial charge in [0.25, 0.3) is 5.69 Å². The van der Waals surface area contributed by atoms with E-state index >= 15 is 0 Å². The summed E-state index contributed by atoms with van der Waals surface area (Å²) < 4.78 is 0. The van der Waals surface area contributed by atoms with Crippen molar-refractivity contribution in [2.45, 2.75) is 39.2 Å². The largest absolute Gasteiger partial charge is 0.324 e. The number of anilines is 3. The minimum atomic E-state index is -0.504. The second kappa shape index (κ2) is 9.94. The number of amides is 1. The summed E-state index contributed by atoms with van der Waals surface area (Å²) in [4.78, 5) is 33.5. The Kier molecular flexibility index (Phi) is 7.09. The molecule has 2 aromatic carbocycles. The number of aromatic nitrogens is 2. The van der Waals surface area contributed by atoms with Gasteiger partial charge in [0.15, 0.2) is 0 Å². The predicted octanol–water partition coefficient (Wildman–Crippen LogP) is 4.15. The van der Waals surface area contributed by atoms with Crippen molar-refractivity contribution in [1.82, 2.24) is 9.97 Å². The van der Waals surface area contributed by atoms with Crippen LogP contribution in [0.1, 0.15) is 33.1 Å². The molecule has 1 amide bonds. The third kappa shape index (κ3) is 5.32. The van der Waals surface area contributed by atoms with Gasteiger partial charge in [0.1, 0.15) is 0 Å². The van der Waals surface area contributed by atoms with Crippen LogP contribution in [0.2, 0.25) is 0 Å². The van der Waals surface area contributed by atoms with Gasteiger partial charge in [-0.05, 0) is 43.2 Å². The lowest BCUT2D eigenvalue weighted by Gasteiger charge is -2.25. The number of fused-ring (bicyclic) bond motifs is 1.